The second-order valence-corrected chi connectivity index (χ2v) is 7.63. The molecular formula is C16H22N2O2S. The number of hydrogen-bond donors (Lipinski definition) is 1. The maximum absolute atomic E-state index is 12.7. The van der Waals surface area contributed by atoms with Crippen LogP contribution in [0.15, 0.2) is 23.1 Å². The summed E-state index contributed by atoms with van der Waals surface area (Å²) in [5, 5.41) is 9.52. The van der Waals surface area contributed by atoms with E-state index in [1.807, 2.05) is 13.0 Å². The molecule has 4 nitrogen and oxygen atoms in total. The third-order valence-electron chi connectivity index (χ3n) is 4.13. The van der Waals surface area contributed by atoms with Crippen LogP contribution in [-0.4, -0.2) is 14.0 Å². The lowest BCUT2D eigenvalue weighted by Crippen LogP contribution is -2.47. The first kappa shape index (κ1) is 16.0. The van der Waals surface area contributed by atoms with Crippen molar-refractivity contribution in [1.82, 2.24) is 4.72 Å². The van der Waals surface area contributed by atoms with Gasteiger partial charge in [0.2, 0.25) is 10.0 Å². The molecule has 0 saturated heterocycles. The van der Waals surface area contributed by atoms with Crippen LogP contribution in [0.25, 0.3) is 0 Å². The number of nitrogens with zero attached hydrogens (tertiary/aromatic N) is 1. The highest BCUT2D eigenvalue weighted by molar-refractivity contribution is 7.89. The number of sulfonamides is 1. The van der Waals surface area contributed by atoms with Crippen molar-refractivity contribution in [2.24, 2.45) is 0 Å². The molecule has 1 aromatic rings. The first-order valence-corrected chi connectivity index (χ1v) is 8.89. The molecule has 0 atom stereocenters. The van der Waals surface area contributed by atoms with Crippen molar-refractivity contribution >= 4 is 10.0 Å². The third-order valence-corrected chi connectivity index (χ3v) is 5.81. The molecule has 114 valence electrons. The molecule has 1 aromatic carbocycles. The molecule has 0 amide bonds. The lowest BCUT2D eigenvalue weighted by Gasteiger charge is -2.26. The molecule has 1 saturated carbocycles. The first-order chi connectivity index (χ1) is 9.88. The molecule has 1 N–H and O–H groups in total. The Morgan fingerprint density at radius 3 is 2.33 bits per heavy atom. The van der Waals surface area contributed by atoms with Crippen LogP contribution in [-0.2, 0) is 10.0 Å². The van der Waals surface area contributed by atoms with Crippen LogP contribution in [0.2, 0.25) is 0 Å². The lowest BCUT2D eigenvalue weighted by molar-refractivity contribution is 0.422. The average molecular weight is 306 g/mol. The highest BCUT2D eigenvalue weighted by atomic mass is 32.2. The van der Waals surface area contributed by atoms with Crippen molar-refractivity contribution in [3.63, 3.8) is 0 Å². The van der Waals surface area contributed by atoms with Gasteiger partial charge in [0, 0.05) is 0 Å². The molecule has 1 fully saturated rings. The van der Waals surface area contributed by atoms with Crippen molar-refractivity contribution in [2.45, 2.75) is 62.8 Å². The van der Waals surface area contributed by atoms with Crippen LogP contribution in [0.4, 0.5) is 0 Å². The quantitative estimate of drug-likeness (QED) is 0.872. The Balaban J connectivity index is 2.35. The van der Waals surface area contributed by atoms with Crippen LogP contribution in [0.3, 0.4) is 0 Å². The number of nitrogens with one attached hydrogen (secondary N) is 1. The fourth-order valence-corrected chi connectivity index (χ4v) is 4.58. The van der Waals surface area contributed by atoms with E-state index in [2.05, 4.69) is 10.8 Å². The summed E-state index contributed by atoms with van der Waals surface area (Å²) in [5.74, 6) is 0. The largest absolute Gasteiger partial charge is 0.242 e. The smallest absolute Gasteiger partial charge is 0.207 e. The molecule has 0 aromatic heterocycles. The maximum Gasteiger partial charge on any atom is 0.242 e. The van der Waals surface area contributed by atoms with Crippen molar-refractivity contribution in [2.75, 3.05) is 0 Å². The van der Waals surface area contributed by atoms with Crippen LogP contribution < -0.4 is 4.72 Å². The Hall–Kier alpha value is -1.38. The van der Waals surface area contributed by atoms with Crippen molar-refractivity contribution in [1.29, 1.82) is 5.26 Å². The Bertz CT molecular complexity index is 651. The zero-order valence-corrected chi connectivity index (χ0v) is 13.5. The van der Waals surface area contributed by atoms with Gasteiger partial charge in [0.15, 0.2) is 0 Å². The number of nitriles is 1. The molecule has 0 aliphatic heterocycles. The fraction of sp³-hybridized carbons (Fsp3) is 0.562. The molecule has 21 heavy (non-hydrogen) atoms. The van der Waals surface area contributed by atoms with Crippen LogP contribution >= 0.6 is 0 Å². The molecule has 1 aliphatic carbocycles. The van der Waals surface area contributed by atoms with E-state index in [1.165, 1.54) is 0 Å². The summed E-state index contributed by atoms with van der Waals surface area (Å²) in [6.45, 7) is 3.64. The van der Waals surface area contributed by atoms with Gasteiger partial charge in [-0.1, -0.05) is 37.8 Å². The molecule has 2 rings (SSSR count). The zero-order valence-electron chi connectivity index (χ0n) is 12.6. The summed E-state index contributed by atoms with van der Waals surface area (Å²) in [6.07, 6.45) is 5.09. The first-order valence-electron chi connectivity index (χ1n) is 7.41. The van der Waals surface area contributed by atoms with Gasteiger partial charge < -0.3 is 0 Å². The van der Waals surface area contributed by atoms with Gasteiger partial charge in [0.25, 0.3) is 0 Å². The Morgan fingerprint density at radius 1 is 1.14 bits per heavy atom. The van der Waals surface area contributed by atoms with Gasteiger partial charge in [0.05, 0.1) is 11.0 Å². The predicted octanol–water partition coefficient (Wildman–Crippen LogP) is 3.20. The normalized spacial score (nSPS) is 18.7. The third kappa shape index (κ3) is 3.63. The van der Waals surface area contributed by atoms with Gasteiger partial charge >= 0.3 is 0 Å². The highest BCUT2D eigenvalue weighted by Gasteiger charge is 2.36. The maximum atomic E-state index is 12.7. The molecule has 5 heteroatoms. The Labute approximate surface area is 127 Å². The summed E-state index contributed by atoms with van der Waals surface area (Å²) in [4.78, 5) is 0.279. The molecule has 0 radical (unpaired) electrons. The lowest BCUT2D eigenvalue weighted by atomic mass is 9.94. The summed E-state index contributed by atoms with van der Waals surface area (Å²) < 4.78 is 28.1. The average Bonchev–Trinajstić information content (AvgIpc) is 2.67. The molecule has 1 aliphatic rings. The van der Waals surface area contributed by atoms with E-state index in [1.54, 1.807) is 19.1 Å². The van der Waals surface area contributed by atoms with Crippen molar-refractivity contribution < 1.29 is 8.42 Å². The van der Waals surface area contributed by atoms with Crippen molar-refractivity contribution in [3.8, 4) is 6.07 Å². The van der Waals surface area contributed by atoms with Gasteiger partial charge in [-0.05, 0) is 43.9 Å². The minimum Gasteiger partial charge on any atom is -0.207 e. The van der Waals surface area contributed by atoms with Crippen LogP contribution in [0.5, 0.6) is 0 Å². The summed E-state index contributed by atoms with van der Waals surface area (Å²) in [7, 11) is -3.67. The molecular weight excluding hydrogens is 284 g/mol. The second kappa shape index (κ2) is 6.17. The zero-order chi connectivity index (χ0) is 15.5. The van der Waals surface area contributed by atoms with E-state index in [4.69, 9.17) is 0 Å². The van der Waals surface area contributed by atoms with E-state index >= 15 is 0 Å². The number of hydrogen-bond acceptors (Lipinski definition) is 3. The van der Waals surface area contributed by atoms with E-state index < -0.39 is 15.6 Å². The van der Waals surface area contributed by atoms with Gasteiger partial charge in [-0.2, -0.15) is 9.98 Å². The fourth-order valence-electron chi connectivity index (χ4n) is 2.88. The number of aryl methyl sites for hydroxylation is 2. The standard InChI is InChI=1S/C16H22N2O2S/c1-13-7-8-14(2)15(11-13)21(19,20)18-16(12-17)9-5-3-4-6-10-16/h7-8,11,18H,3-6,9-10H2,1-2H3. The van der Waals surface area contributed by atoms with Gasteiger partial charge in [-0.25, -0.2) is 8.42 Å². The minimum absolute atomic E-state index is 0.279. The van der Waals surface area contributed by atoms with Crippen LogP contribution in [0.1, 0.15) is 49.7 Å². The molecule has 0 unspecified atom stereocenters. The SMILES string of the molecule is Cc1ccc(C)c(S(=O)(=O)NC2(C#N)CCCCCC2)c1. The molecule has 0 heterocycles. The van der Waals surface area contributed by atoms with Crippen LogP contribution in [0, 0.1) is 25.2 Å². The van der Waals surface area contributed by atoms with E-state index in [9.17, 15) is 13.7 Å². The highest BCUT2D eigenvalue weighted by Crippen LogP contribution is 2.29. The second-order valence-electron chi connectivity index (χ2n) is 5.98. The Kier molecular flexibility index (Phi) is 4.70. The van der Waals surface area contributed by atoms with Gasteiger partial charge in [-0.15, -0.1) is 0 Å². The predicted molar refractivity (Wildman–Crippen MR) is 82.3 cm³/mol. The summed E-state index contributed by atoms with van der Waals surface area (Å²) in [5.41, 5.74) is 0.647. The summed E-state index contributed by atoms with van der Waals surface area (Å²) in [6, 6.07) is 7.58. The topological polar surface area (TPSA) is 70.0 Å². The monoisotopic (exact) mass is 306 g/mol. The summed E-state index contributed by atoms with van der Waals surface area (Å²) >= 11 is 0. The number of rotatable bonds is 3. The van der Waals surface area contributed by atoms with E-state index in [-0.39, 0.29) is 4.90 Å². The Morgan fingerprint density at radius 2 is 1.76 bits per heavy atom. The molecule has 0 bridgehead atoms. The van der Waals surface area contributed by atoms with E-state index in [0.29, 0.717) is 18.4 Å². The minimum atomic E-state index is -3.67. The van der Waals surface area contributed by atoms with Gasteiger partial charge in [0.1, 0.15) is 5.54 Å². The van der Waals surface area contributed by atoms with Gasteiger partial charge in [-0.3, -0.25) is 0 Å². The number of benzene rings is 1. The van der Waals surface area contributed by atoms with Crippen molar-refractivity contribution in [3.05, 3.63) is 29.3 Å². The molecule has 0 spiro atoms. The van der Waals surface area contributed by atoms with E-state index in [0.717, 1.165) is 31.2 Å².